The molecule has 1 aromatic rings. The number of aliphatic carboxylic acids is 1. The number of carboxylic acids is 1. The van der Waals surface area contributed by atoms with E-state index in [1.54, 1.807) is 0 Å². The van der Waals surface area contributed by atoms with Gasteiger partial charge in [0.1, 0.15) is 0 Å². The highest BCUT2D eigenvalue weighted by Gasteiger charge is 2.29. The minimum Gasteiger partial charge on any atom is -0.481 e. The molecule has 1 aliphatic carbocycles. The molecular weight excluding hydrogens is 258 g/mol. The first-order valence-electron chi connectivity index (χ1n) is 7.47. The molecule has 1 N–H and O–H groups in total. The summed E-state index contributed by atoms with van der Waals surface area (Å²) in [6.07, 6.45) is 5.60. The van der Waals surface area contributed by atoms with E-state index in [1.807, 2.05) is 0 Å². The van der Waals surface area contributed by atoms with Crippen molar-refractivity contribution in [1.82, 2.24) is 15.0 Å². The van der Waals surface area contributed by atoms with Crippen LogP contribution in [0.25, 0.3) is 0 Å². The van der Waals surface area contributed by atoms with Gasteiger partial charge in [-0.3, -0.25) is 9.69 Å². The Bertz CT molecular complexity index is 462. The molecule has 0 amide bonds. The SMILES string of the molecule is O=C(O)CCC1CCN(Cc2nc(C3CC3)no2)CC1. The molecule has 6 heteroatoms. The topological polar surface area (TPSA) is 79.5 Å². The first kappa shape index (κ1) is 13.5. The first-order chi connectivity index (χ1) is 9.70. The zero-order chi connectivity index (χ0) is 13.9. The van der Waals surface area contributed by atoms with E-state index in [-0.39, 0.29) is 0 Å². The summed E-state index contributed by atoms with van der Waals surface area (Å²) in [6, 6.07) is 0. The zero-order valence-electron chi connectivity index (χ0n) is 11.6. The zero-order valence-corrected chi connectivity index (χ0v) is 11.6. The molecule has 0 radical (unpaired) electrons. The molecule has 0 bridgehead atoms. The molecule has 0 aromatic carbocycles. The number of hydrogen-bond donors (Lipinski definition) is 1. The van der Waals surface area contributed by atoms with Crippen LogP contribution in [-0.4, -0.2) is 39.2 Å². The first-order valence-corrected chi connectivity index (χ1v) is 7.47. The fourth-order valence-corrected chi connectivity index (χ4v) is 2.79. The molecule has 1 aromatic heterocycles. The second-order valence-corrected chi connectivity index (χ2v) is 5.97. The molecule has 2 fully saturated rings. The molecule has 20 heavy (non-hydrogen) atoms. The number of rotatable bonds is 6. The summed E-state index contributed by atoms with van der Waals surface area (Å²) >= 11 is 0. The fraction of sp³-hybridized carbons (Fsp3) is 0.786. The third kappa shape index (κ3) is 3.56. The largest absolute Gasteiger partial charge is 0.481 e. The third-order valence-corrected chi connectivity index (χ3v) is 4.26. The number of aromatic nitrogens is 2. The molecular formula is C14H21N3O3. The van der Waals surface area contributed by atoms with Crippen LogP contribution in [0.5, 0.6) is 0 Å². The highest BCUT2D eigenvalue weighted by Crippen LogP contribution is 2.38. The van der Waals surface area contributed by atoms with Gasteiger partial charge in [-0.1, -0.05) is 5.16 Å². The second kappa shape index (κ2) is 5.91. The van der Waals surface area contributed by atoms with Crippen LogP contribution in [0.2, 0.25) is 0 Å². The number of hydrogen-bond acceptors (Lipinski definition) is 5. The van der Waals surface area contributed by atoms with E-state index in [2.05, 4.69) is 15.0 Å². The fourth-order valence-electron chi connectivity index (χ4n) is 2.79. The van der Waals surface area contributed by atoms with Crippen LogP contribution in [0.3, 0.4) is 0 Å². The van der Waals surface area contributed by atoms with Gasteiger partial charge in [-0.15, -0.1) is 0 Å². The maximum absolute atomic E-state index is 10.6. The van der Waals surface area contributed by atoms with Crippen LogP contribution in [0.1, 0.15) is 56.2 Å². The number of piperidine rings is 1. The number of likely N-dealkylation sites (tertiary alicyclic amines) is 1. The highest BCUT2D eigenvalue weighted by atomic mass is 16.5. The van der Waals surface area contributed by atoms with E-state index in [4.69, 9.17) is 9.63 Å². The predicted octanol–water partition coefficient (Wildman–Crippen LogP) is 2.02. The lowest BCUT2D eigenvalue weighted by molar-refractivity contribution is -0.137. The van der Waals surface area contributed by atoms with Crippen molar-refractivity contribution < 1.29 is 14.4 Å². The van der Waals surface area contributed by atoms with Gasteiger partial charge in [-0.05, 0) is 51.1 Å². The molecule has 6 nitrogen and oxygen atoms in total. The lowest BCUT2D eigenvalue weighted by Crippen LogP contribution is -2.33. The van der Waals surface area contributed by atoms with Crippen molar-refractivity contribution in [1.29, 1.82) is 0 Å². The van der Waals surface area contributed by atoms with Gasteiger partial charge < -0.3 is 9.63 Å². The third-order valence-electron chi connectivity index (χ3n) is 4.26. The summed E-state index contributed by atoms with van der Waals surface area (Å²) in [5.74, 6) is 1.99. The Kier molecular flexibility index (Phi) is 4.00. The normalized spacial score (nSPS) is 21.2. The summed E-state index contributed by atoms with van der Waals surface area (Å²) in [7, 11) is 0. The minimum atomic E-state index is -0.689. The summed E-state index contributed by atoms with van der Waals surface area (Å²) in [5.41, 5.74) is 0. The number of nitrogens with zero attached hydrogens (tertiary/aromatic N) is 3. The van der Waals surface area contributed by atoms with Crippen molar-refractivity contribution in [2.75, 3.05) is 13.1 Å². The minimum absolute atomic E-state index is 0.291. The summed E-state index contributed by atoms with van der Waals surface area (Å²) in [6.45, 7) is 2.71. The Morgan fingerprint density at radius 3 is 2.70 bits per heavy atom. The van der Waals surface area contributed by atoms with E-state index < -0.39 is 5.97 Å². The maximum Gasteiger partial charge on any atom is 0.303 e. The lowest BCUT2D eigenvalue weighted by atomic mass is 9.92. The Morgan fingerprint density at radius 1 is 1.30 bits per heavy atom. The summed E-state index contributed by atoms with van der Waals surface area (Å²) < 4.78 is 5.29. The lowest BCUT2D eigenvalue weighted by Gasteiger charge is -2.30. The van der Waals surface area contributed by atoms with Crippen LogP contribution in [0, 0.1) is 5.92 Å². The van der Waals surface area contributed by atoms with Crippen LogP contribution >= 0.6 is 0 Å². The Labute approximate surface area is 118 Å². The van der Waals surface area contributed by atoms with Gasteiger partial charge in [0.05, 0.1) is 6.54 Å². The van der Waals surface area contributed by atoms with Gasteiger partial charge in [-0.25, -0.2) is 0 Å². The maximum atomic E-state index is 10.6. The van der Waals surface area contributed by atoms with E-state index in [0.29, 0.717) is 18.3 Å². The molecule has 1 saturated carbocycles. The highest BCUT2D eigenvalue weighted by molar-refractivity contribution is 5.66. The molecule has 1 aliphatic heterocycles. The Balaban J connectivity index is 1.42. The van der Waals surface area contributed by atoms with Crippen LogP contribution in [-0.2, 0) is 11.3 Å². The van der Waals surface area contributed by atoms with Crippen molar-refractivity contribution in [3.8, 4) is 0 Å². The van der Waals surface area contributed by atoms with Gasteiger partial charge in [0, 0.05) is 12.3 Å². The van der Waals surface area contributed by atoms with Gasteiger partial charge in [0.2, 0.25) is 5.89 Å². The van der Waals surface area contributed by atoms with Crippen molar-refractivity contribution in [2.45, 2.75) is 51.0 Å². The molecule has 1 saturated heterocycles. The predicted molar refractivity (Wildman–Crippen MR) is 71.1 cm³/mol. The average molecular weight is 279 g/mol. The molecule has 2 heterocycles. The molecule has 3 rings (SSSR count). The Hall–Kier alpha value is -1.43. The monoisotopic (exact) mass is 279 g/mol. The van der Waals surface area contributed by atoms with E-state index in [1.165, 1.54) is 12.8 Å². The smallest absolute Gasteiger partial charge is 0.303 e. The molecule has 0 spiro atoms. The quantitative estimate of drug-likeness (QED) is 0.858. The standard InChI is InChI=1S/C14H21N3O3/c18-13(19)4-1-10-5-7-17(8-6-10)9-12-15-14(16-20-12)11-2-3-11/h10-11H,1-9H2,(H,18,19). The van der Waals surface area contributed by atoms with Crippen molar-refractivity contribution in [3.63, 3.8) is 0 Å². The van der Waals surface area contributed by atoms with Crippen LogP contribution < -0.4 is 0 Å². The van der Waals surface area contributed by atoms with Crippen LogP contribution in [0.15, 0.2) is 4.52 Å². The molecule has 0 atom stereocenters. The summed E-state index contributed by atoms with van der Waals surface area (Å²) in [4.78, 5) is 17.3. The van der Waals surface area contributed by atoms with Crippen LogP contribution in [0.4, 0.5) is 0 Å². The van der Waals surface area contributed by atoms with Crippen molar-refractivity contribution >= 4 is 5.97 Å². The molecule has 110 valence electrons. The van der Waals surface area contributed by atoms with E-state index in [9.17, 15) is 4.79 Å². The van der Waals surface area contributed by atoms with Gasteiger partial charge in [0.25, 0.3) is 0 Å². The van der Waals surface area contributed by atoms with Gasteiger partial charge in [0.15, 0.2) is 5.82 Å². The number of carboxylic acid groups (broad SMARTS) is 1. The second-order valence-electron chi connectivity index (χ2n) is 5.97. The summed E-state index contributed by atoms with van der Waals surface area (Å²) in [5, 5.41) is 12.7. The van der Waals surface area contributed by atoms with E-state index >= 15 is 0 Å². The average Bonchev–Trinajstić information content (AvgIpc) is 3.19. The van der Waals surface area contributed by atoms with Gasteiger partial charge >= 0.3 is 5.97 Å². The van der Waals surface area contributed by atoms with Crippen molar-refractivity contribution in [2.24, 2.45) is 5.92 Å². The molecule has 2 aliphatic rings. The Morgan fingerprint density at radius 2 is 2.05 bits per heavy atom. The number of carbonyl (C=O) groups is 1. The molecule has 0 unspecified atom stereocenters. The van der Waals surface area contributed by atoms with E-state index in [0.717, 1.165) is 50.6 Å². The van der Waals surface area contributed by atoms with Gasteiger partial charge in [-0.2, -0.15) is 4.98 Å². The van der Waals surface area contributed by atoms with Crippen molar-refractivity contribution in [3.05, 3.63) is 11.7 Å².